The lowest BCUT2D eigenvalue weighted by molar-refractivity contribution is -0.139. The molecule has 2 rings (SSSR count). The first-order valence-corrected chi connectivity index (χ1v) is 6.85. The van der Waals surface area contributed by atoms with Crippen LogP contribution in [-0.4, -0.2) is 50.2 Å². The number of hydrogen-bond donors (Lipinski definition) is 1. The number of carbonyl (C=O) groups is 1. The Balaban J connectivity index is 1.88. The SMILES string of the molecule is CNCCC1CCCN1C(=O)C1CCOCC1. The lowest BCUT2D eigenvalue weighted by Gasteiger charge is -2.30. The first-order chi connectivity index (χ1) is 8.33. The second-order valence-electron chi connectivity index (χ2n) is 5.11. The minimum absolute atomic E-state index is 0.221. The second-order valence-corrected chi connectivity index (χ2v) is 5.11. The lowest BCUT2D eigenvalue weighted by atomic mass is 9.98. The van der Waals surface area contributed by atoms with Gasteiger partial charge in [0.1, 0.15) is 0 Å². The Labute approximate surface area is 104 Å². The Morgan fingerprint density at radius 2 is 2.12 bits per heavy atom. The maximum Gasteiger partial charge on any atom is 0.226 e. The Morgan fingerprint density at radius 3 is 2.82 bits per heavy atom. The number of ether oxygens (including phenoxy) is 1. The van der Waals surface area contributed by atoms with Crippen molar-refractivity contribution in [3.63, 3.8) is 0 Å². The summed E-state index contributed by atoms with van der Waals surface area (Å²) in [6, 6.07) is 0.470. The topological polar surface area (TPSA) is 41.6 Å². The van der Waals surface area contributed by atoms with Crippen molar-refractivity contribution in [1.82, 2.24) is 10.2 Å². The molecule has 0 aromatic heterocycles. The number of nitrogens with one attached hydrogen (secondary N) is 1. The molecule has 2 aliphatic heterocycles. The summed E-state index contributed by atoms with van der Waals surface area (Å²) in [4.78, 5) is 14.6. The van der Waals surface area contributed by atoms with Gasteiger partial charge >= 0.3 is 0 Å². The standard InChI is InChI=1S/C13H24N2O2/c1-14-7-4-12-3-2-8-15(12)13(16)11-5-9-17-10-6-11/h11-12,14H,2-10H2,1H3. The van der Waals surface area contributed by atoms with Gasteiger partial charge in [-0.25, -0.2) is 0 Å². The molecule has 1 amide bonds. The van der Waals surface area contributed by atoms with E-state index in [1.54, 1.807) is 0 Å². The summed E-state index contributed by atoms with van der Waals surface area (Å²) in [5, 5.41) is 3.18. The summed E-state index contributed by atoms with van der Waals surface area (Å²) in [5.41, 5.74) is 0. The highest BCUT2D eigenvalue weighted by atomic mass is 16.5. The van der Waals surface area contributed by atoms with Gasteiger partial charge < -0.3 is 15.0 Å². The van der Waals surface area contributed by atoms with Crippen LogP contribution in [0.4, 0.5) is 0 Å². The minimum Gasteiger partial charge on any atom is -0.381 e. The van der Waals surface area contributed by atoms with Crippen molar-refractivity contribution in [3.8, 4) is 0 Å². The average molecular weight is 240 g/mol. The molecule has 4 nitrogen and oxygen atoms in total. The van der Waals surface area contributed by atoms with Crippen LogP contribution in [0.15, 0.2) is 0 Å². The van der Waals surface area contributed by atoms with Crippen LogP contribution < -0.4 is 5.32 Å². The largest absolute Gasteiger partial charge is 0.381 e. The van der Waals surface area contributed by atoms with Gasteiger partial charge in [-0.1, -0.05) is 0 Å². The van der Waals surface area contributed by atoms with Crippen molar-refractivity contribution in [2.45, 2.75) is 38.1 Å². The summed E-state index contributed by atoms with van der Waals surface area (Å²) < 4.78 is 5.32. The first kappa shape index (κ1) is 12.8. The van der Waals surface area contributed by atoms with Crippen molar-refractivity contribution >= 4 is 5.91 Å². The van der Waals surface area contributed by atoms with Crippen LogP contribution >= 0.6 is 0 Å². The molecule has 17 heavy (non-hydrogen) atoms. The molecule has 0 aliphatic carbocycles. The Hall–Kier alpha value is -0.610. The molecule has 4 heteroatoms. The molecule has 1 atom stereocenters. The normalized spacial score (nSPS) is 26.4. The van der Waals surface area contributed by atoms with Gasteiger partial charge in [0.05, 0.1) is 0 Å². The van der Waals surface area contributed by atoms with Crippen molar-refractivity contribution in [2.75, 3.05) is 33.4 Å². The van der Waals surface area contributed by atoms with Crippen molar-refractivity contribution in [1.29, 1.82) is 0 Å². The third kappa shape index (κ3) is 3.19. The van der Waals surface area contributed by atoms with E-state index in [2.05, 4.69) is 10.2 Å². The van der Waals surface area contributed by atoms with Crippen LogP contribution in [0.25, 0.3) is 0 Å². The van der Waals surface area contributed by atoms with Crippen LogP contribution in [0.5, 0.6) is 0 Å². The van der Waals surface area contributed by atoms with Crippen molar-refractivity contribution in [3.05, 3.63) is 0 Å². The zero-order valence-electron chi connectivity index (χ0n) is 10.8. The third-order valence-corrected chi connectivity index (χ3v) is 3.96. The van der Waals surface area contributed by atoms with Gasteiger partial charge in [-0.05, 0) is 45.7 Å². The predicted octanol–water partition coefficient (Wildman–Crippen LogP) is 1.01. The van der Waals surface area contributed by atoms with E-state index in [1.165, 1.54) is 12.8 Å². The number of likely N-dealkylation sites (tertiary alicyclic amines) is 1. The van der Waals surface area contributed by atoms with Gasteiger partial charge in [-0.2, -0.15) is 0 Å². The molecule has 1 unspecified atom stereocenters. The van der Waals surface area contributed by atoms with E-state index in [9.17, 15) is 4.79 Å². The van der Waals surface area contributed by atoms with Gasteiger partial charge in [0, 0.05) is 31.7 Å². The highest BCUT2D eigenvalue weighted by molar-refractivity contribution is 5.79. The maximum atomic E-state index is 12.4. The highest BCUT2D eigenvalue weighted by Crippen LogP contribution is 2.25. The predicted molar refractivity (Wildman–Crippen MR) is 66.8 cm³/mol. The summed E-state index contributed by atoms with van der Waals surface area (Å²) >= 11 is 0. The average Bonchev–Trinajstić information content (AvgIpc) is 2.84. The van der Waals surface area contributed by atoms with E-state index in [1.807, 2.05) is 7.05 Å². The van der Waals surface area contributed by atoms with E-state index in [0.29, 0.717) is 11.9 Å². The third-order valence-electron chi connectivity index (χ3n) is 3.96. The molecule has 0 spiro atoms. The van der Waals surface area contributed by atoms with E-state index >= 15 is 0 Å². The van der Waals surface area contributed by atoms with Crippen LogP contribution in [0.2, 0.25) is 0 Å². The lowest BCUT2D eigenvalue weighted by Crippen LogP contribution is -2.42. The van der Waals surface area contributed by atoms with Gasteiger partial charge in [0.25, 0.3) is 0 Å². The van der Waals surface area contributed by atoms with E-state index in [0.717, 1.165) is 45.6 Å². The molecule has 0 radical (unpaired) electrons. The molecule has 0 aromatic rings. The quantitative estimate of drug-likeness (QED) is 0.797. The molecule has 2 aliphatic rings. The van der Waals surface area contributed by atoms with E-state index < -0.39 is 0 Å². The zero-order chi connectivity index (χ0) is 12.1. The monoisotopic (exact) mass is 240 g/mol. The fourth-order valence-corrected chi connectivity index (χ4v) is 2.92. The zero-order valence-corrected chi connectivity index (χ0v) is 10.8. The second kappa shape index (κ2) is 6.36. The van der Waals surface area contributed by atoms with Gasteiger partial charge in [0.2, 0.25) is 5.91 Å². The van der Waals surface area contributed by atoms with Crippen molar-refractivity contribution < 1.29 is 9.53 Å². The molecule has 0 bridgehead atoms. The summed E-state index contributed by atoms with van der Waals surface area (Å²) in [5.74, 6) is 0.603. The Morgan fingerprint density at radius 1 is 1.35 bits per heavy atom. The first-order valence-electron chi connectivity index (χ1n) is 6.85. The van der Waals surface area contributed by atoms with Gasteiger partial charge in [0.15, 0.2) is 0 Å². The van der Waals surface area contributed by atoms with Gasteiger partial charge in [-0.15, -0.1) is 0 Å². The molecule has 2 heterocycles. The fourth-order valence-electron chi connectivity index (χ4n) is 2.92. The molecule has 0 saturated carbocycles. The van der Waals surface area contributed by atoms with E-state index in [-0.39, 0.29) is 5.92 Å². The molecule has 2 fully saturated rings. The fraction of sp³-hybridized carbons (Fsp3) is 0.923. The Kier molecular flexibility index (Phi) is 4.80. The van der Waals surface area contributed by atoms with Gasteiger partial charge in [-0.3, -0.25) is 4.79 Å². The number of hydrogen-bond acceptors (Lipinski definition) is 3. The maximum absolute atomic E-state index is 12.4. The summed E-state index contributed by atoms with van der Waals surface area (Å²) in [7, 11) is 1.97. The molecular formula is C13H24N2O2. The molecule has 98 valence electrons. The van der Waals surface area contributed by atoms with E-state index in [4.69, 9.17) is 4.74 Å². The number of carbonyl (C=O) groups excluding carboxylic acids is 1. The molecule has 1 N–H and O–H groups in total. The van der Waals surface area contributed by atoms with Crippen LogP contribution in [0.1, 0.15) is 32.1 Å². The smallest absolute Gasteiger partial charge is 0.226 e. The number of rotatable bonds is 4. The van der Waals surface area contributed by atoms with Crippen molar-refractivity contribution in [2.24, 2.45) is 5.92 Å². The number of nitrogens with zero attached hydrogens (tertiary/aromatic N) is 1. The number of amides is 1. The van der Waals surface area contributed by atoms with Crippen LogP contribution in [0, 0.1) is 5.92 Å². The summed E-state index contributed by atoms with van der Waals surface area (Å²) in [6.45, 7) is 3.48. The van der Waals surface area contributed by atoms with Crippen LogP contribution in [-0.2, 0) is 9.53 Å². The molecule has 0 aromatic carbocycles. The van der Waals surface area contributed by atoms with Crippen LogP contribution in [0.3, 0.4) is 0 Å². The minimum atomic E-state index is 0.221. The Bertz CT molecular complexity index is 252. The highest BCUT2D eigenvalue weighted by Gasteiger charge is 2.33. The molecule has 2 saturated heterocycles. The summed E-state index contributed by atoms with van der Waals surface area (Å²) in [6.07, 6.45) is 5.26. The molecular weight excluding hydrogens is 216 g/mol.